The summed E-state index contributed by atoms with van der Waals surface area (Å²) < 4.78 is 11.0. The first-order chi connectivity index (χ1) is 11.7. The van der Waals surface area contributed by atoms with Crippen LogP contribution in [0.3, 0.4) is 0 Å². The van der Waals surface area contributed by atoms with Gasteiger partial charge in [0.1, 0.15) is 6.10 Å². The predicted molar refractivity (Wildman–Crippen MR) is 96.4 cm³/mol. The summed E-state index contributed by atoms with van der Waals surface area (Å²) in [5.41, 5.74) is 1.06. The van der Waals surface area contributed by atoms with E-state index in [1.807, 2.05) is 18.3 Å². The van der Waals surface area contributed by atoms with Gasteiger partial charge >= 0.3 is 0 Å². The van der Waals surface area contributed by atoms with Crippen molar-refractivity contribution in [2.75, 3.05) is 20.3 Å². The highest BCUT2D eigenvalue weighted by atomic mass is 16.5. The molecule has 2 rings (SSSR count). The van der Waals surface area contributed by atoms with Crippen LogP contribution in [0.5, 0.6) is 5.88 Å². The number of hydrogen-bond acceptors (Lipinski definition) is 4. The molecule has 0 aliphatic heterocycles. The van der Waals surface area contributed by atoms with Crippen molar-refractivity contribution >= 4 is 5.96 Å². The summed E-state index contributed by atoms with van der Waals surface area (Å²) in [5, 5.41) is 6.56. The van der Waals surface area contributed by atoms with Crippen LogP contribution in [0.15, 0.2) is 23.3 Å². The molecule has 2 N–H and O–H groups in total. The molecule has 0 spiro atoms. The lowest BCUT2D eigenvalue weighted by Gasteiger charge is -2.17. The average molecular weight is 334 g/mol. The Morgan fingerprint density at radius 2 is 2.17 bits per heavy atom. The van der Waals surface area contributed by atoms with Gasteiger partial charge in [-0.2, -0.15) is 0 Å². The lowest BCUT2D eigenvalue weighted by Crippen LogP contribution is -2.43. The van der Waals surface area contributed by atoms with Gasteiger partial charge in [-0.25, -0.2) is 9.98 Å². The van der Waals surface area contributed by atoms with Crippen molar-refractivity contribution in [2.24, 2.45) is 4.99 Å². The molecule has 1 fully saturated rings. The van der Waals surface area contributed by atoms with Gasteiger partial charge in [0.2, 0.25) is 5.88 Å². The van der Waals surface area contributed by atoms with E-state index in [2.05, 4.69) is 34.5 Å². The molecule has 1 aromatic heterocycles. The molecule has 0 radical (unpaired) electrons. The normalized spacial score (nSPS) is 16.9. The maximum atomic E-state index is 5.89. The van der Waals surface area contributed by atoms with E-state index in [-0.39, 0.29) is 6.04 Å². The largest absolute Gasteiger partial charge is 0.474 e. The molecule has 1 heterocycles. The van der Waals surface area contributed by atoms with Crippen LogP contribution in [0, 0.1) is 0 Å². The summed E-state index contributed by atoms with van der Waals surface area (Å²) in [7, 11) is 1.70. The first kappa shape index (κ1) is 18.5. The molecule has 0 amide bonds. The number of hydrogen-bond donors (Lipinski definition) is 2. The number of rotatable bonds is 8. The third kappa shape index (κ3) is 6.35. The van der Waals surface area contributed by atoms with Crippen molar-refractivity contribution in [3.63, 3.8) is 0 Å². The molecule has 1 aromatic rings. The highest BCUT2D eigenvalue weighted by Crippen LogP contribution is 2.22. The molecule has 24 heavy (non-hydrogen) atoms. The second kappa shape index (κ2) is 10.1. The molecule has 0 bridgehead atoms. The molecule has 6 heteroatoms. The molecule has 6 nitrogen and oxygen atoms in total. The summed E-state index contributed by atoms with van der Waals surface area (Å²) in [6, 6.07) is 4.17. The molecule has 134 valence electrons. The maximum absolute atomic E-state index is 5.89. The third-order valence-corrected chi connectivity index (χ3v) is 3.95. The Balaban J connectivity index is 1.87. The number of nitrogens with zero attached hydrogens (tertiary/aromatic N) is 2. The van der Waals surface area contributed by atoms with E-state index in [1.165, 1.54) is 12.8 Å². The van der Waals surface area contributed by atoms with Crippen LogP contribution < -0.4 is 15.4 Å². The van der Waals surface area contributed by atoms with E-state index in [4.69, 9.17) is 9.47 Å². The minimum atomic E-state index is 0.202. The number of pyridine rings is 1. The zero-order valence-electron chi connectivity index (χ0n) is 15.0. The predicted octanol–water partition coefficient (Wildman–Crippen LogP) is 2.49. The fourth-order valence-electron chi connectivity index (χ4n) is 2.77. The van der Waals surface area contributed by atoms with Gasteiger partial charge in [0, 0.05) is 32.0 Å². The monoisotopic (exact) mass is 334 g/mol. The molecule has 1 aliphatic rings. The van der Waals surface area contributed by atoms with Gasteiger partial charge in [0.05, 0.1) is 13.2 Å². The second-order valence-electron chi connectivity index (χ2n) is 6.22. The lowest BCUT2D eigenvalue weighted by atomic mass is 10.3. The Bertz CT molecular complexity index is 498. The number of aromatic nitrogens is 1. The zero-order valence-corrected chi connectivity index (χ0v) is 15.0. The van der Waals surface area contributed by atoms with Crippen LogP contribution in [0.2, 0.25) is 0 Å². The molecular weight excluding hydrogens is 304 g/mol. The Kier molecular flexibility index (Phi) is 7.82. The number of ether oxygens (including phenoxy) is 2. The SMILES string of the molecule is CCNC(=NCc1ccc(OC2CCCC2)nc1)NC(C)COC. The standard InChI is InChI=1S/C18H30N4O2/c1-4-19-18(22-14(2)13-23-3)21-12-15-9-10-17(20-11-15)24-16-7-5-6-8-16/h9-11,14,16H,4-8,12-13H2,1-3H3,(H2,19,21,22). The molecule has 1 saturated carbocycles. The van der Waals surface area contributed by atoms with Crippen LogP contribution >= 0.6 is 0 Å². The number of methoxy groups -OCH3 is 1. The number of aliphatic imine (C=N–C) groups is 1. The van der Waals surface area contributed by atoms with Crippen molar-refractivity contribution in [1.29, 1.82) is 0 Å². The molecule has 1 aliphatic carbocycles. The Morgan fingerprint density at radius 1 is 1.38 bits per heavy atom. The van der Waals surface area contributed by atoms with Gasteiger partial charge in [0.25, 0.3) is 0 Å². The van der Waals surface area contributed by atoms with E-state index in [1.54, 1.807) is 7.11 Å². The first-order valence-electron chi connectivity index (χ1n) is 8.86. The minimum Gasteiger partial charge on any atom is -0.474 e. The molecule has 0 saturated heterocycles. The zero-order chi connectivity index (χ0) is 17.2. The van der Waals surface area contributed by atoms with Gasteiger partial charge < -0.3 is 20.1 Å². The van der Waals surface area contributed by atoms with Gasteiger partial charge in [-0.15, -0.1) is 0 Å². The van der Waals surface area contributed by atoms with Crippen LogP contribution in [0.1, 0.15) is 45.1 Å². The molecule has 1 unspecified atom stereocenters. The van der Waals surface area contributed by atoms with Crippen LogP contribution in [-0.2, 0) is 11.3 Å². The highest BCUT2D eigenvalue weighted by molar-refractivity contribution is 5.80. The summed E-state index contributed by atoms with van der Waals surface area (Å²) in [6.07, 6.45) is 7.00. The van der Waals surface area contributed by atoms with E-state index < -0.39 is 0 Å². The third-order valence-electron chi connectivity index (χ3n) is 3.95. The van der Waals surface area contributed by atoms with Crippen LogP contribution in [0.4, 0.5) is 0 Å². The van der Waals surface area contributed by atoms with Crippen LogP contribution in [0.25, 0.3) is 0 Å². The van der Waals surface area contributed by atoms with Gasteiger partial charge in [0.15, 0.2) is 5.96 Å². The van der Waals surface area contributed by atoms with Crippen molar-refractivity contribution in [3.8, 4) is 5.88 Å². The topological polar surface area (TPSA) is 67.8 Å². The van der Waals surface area contributed by atoms with Crippen molar-refractivity contribution in [2.45, 2.75) is 58.2 Å². The summed E-state index contributed by atoms with van der Waals surface area (Å²) >= 11 is 0. The summed E-state index contributed by atoms with van der Waals surface area (Å²) in [4.78, 5) is 9.00. The van der Waals surface area contributed by atoms with E-state index in [9.17, 15) is 0 Å². The fraction of sp³-hybridized carbons (Fsp3) is 0.667. The summed E-state index contributed by atoms with van der Waals surface area (Å²) in [6.45, 7) is 6.14. The van der Waals surface area contributed by atoms with E-state index in [0.717, 1.165) is 30.9 Å². The van der Waals surface area contributed by atoms with E-state index >= 15 is 0 Å². The highest BCUT2D eigenvalue weighted by Gasteiger charge is 2.16. The second-order valence-corrected chi connectivity index (χ2v) is 6.22. The lowest BCUT2D eigenvalue weighted by molar-refractivity contribution is 0.179. The smallest absolute Gasteiger partial charge is 0.213 e. The molecule has 0 aromatic carbocycles. The average Bonchev–Trinajstić information content (AvgIpc) is 3.07. The quantitative estimate of drug-likeness (QED) is 0.565. The van der Waals surface area contributed by atoms with Crippen molar-refractivity contribution < 1.29 is 9.47 Å². The Hall–Kier alpha value is -1.82. The van der Waals surface area contributed by atoms with Crippen LogP contribution in [-0.4, -0.2) is 43.4 Å². The van der Waals surface area contributed by atoms with Crippen molar-refractivity contribution in [1.82, 2.24) is 15.6 Å². The number of nitrogens with one attached hydrogen (secondary N) is 2. The molecule has 1 atom stereocenters. The minimum absolute atomic E-state index is 0.202. The Morgan fingerprint density at radius 3 is 2.79 bits per heavy atom. The summed E-state index contributed by atoms with van der Waals surface area (Å²) in [5.74, 6) is 1.50. The van der Waals surface area contributed by atoms with Gasteiger partial charge in [-0.05, 0) is 45.1 Å². The van der Waals surface area contributed by atoms with Gasteiger partial charge in [-0.3, -0.25) is 0 Å². The van der Waals surface area contributed by atoms with Gasteiger partial charge in [-0.1, -0.05) is 6.07 Å². The number of guanidine groups is 1. The maximum Gasteiger partial charge on any atom is 0.213 e. The molecular formula is C18H30N4O2. The van der Waals surface area contributed by atoms with E-state index in [0.29, 0.717) is 25.1 Å². The first-order valence-corrected chi connectivity index (χ1v) is 8.86. The van der Waals surface area contributed by atoms with Crippen molar-refractivity contribution in [3.05, 3.63) is 23.9 Å². The fourth-order valence-corrected chi connectivity index (χ4v) is 2.77. The Labute approximate surface area is 145 Å².